The number of nitrogens with two attached hydrogens (primary N) is 2. The number of hydrazine groups is 1. The van der Waals surface area contributed by atoms with E-state index in [4.69, 9.17) is 10.2 Å². The van der Waals surface area contributed by atoms with Crippen molar-refractivity contribution in [3.63, 3.8) is 0 Å². The summed E-state index contributed by atoms with van der Waals surface area (Å²) in [5.74, 6) is 6.43. The fourth-order valence-corrected chi connectivity index (χ4v) is 0.541. The first-order valence-corrected chi connectivity index (χ1v) is 4.32. The second-order valence-corrected chi connectivity index (χ2v) is 3.26. The number of carbonyl (C=O) groups is 2. The van der Waals surface area contributed by atoms with E-state index in [0.717, 1.165) is 0 Å². The molecule has 0 fully saturated rings. The summed E-state index contributed by atoms with van der Waals surface area (Å²) >= 11 is 0. The van der Waals surface area contributed by atoms with Gasteiger partial charge in [0.15, 0.2) is 0 Å². The summed E-state index contributed by atoms with van der Waals surface area (Å²) in [6.07, 6.45) is 0. The van der Waals surface area contributed by atoms with Crippen LogP contribution in [0, 0.1) is 0 Å². The summed E-state index contributed by atoms with van der Waals surface area (Å²) in [5, 5.41) is 16.1. The smallest absolute Gasteiger partial charge is 0.317 e. The largest absolute Gasteiger partial charge is 0.480 e. The Hall–Kier alpha value is -0.930. The van der Waals surface area contributed by atoms with Gasteiger partial charge in [0.05, 0.1) is 13.1 Å². The summed E-state index contributed by atoms with van der Waals surface area (Å²) in [6.45, 7) is 0.222. The molecular formula is C8H23ClN4O4. The third kappa shape index (κ3) is 51.5. The fourth-order valence-electron chi connectivity index (χ4n) is 0.541. The van der Waals surface area contributed by atoms with Gasteiger partial charge in [0.25, 0.3) is 0 Å². The predicted molar refractivity (Wildman–Crippen MR) is 68.0 cm³/mol. The zero-order valence-corrected chi connectivity index (χ0v) is 11.4. The highest BCUT2D eigenvalue weighted by molar-refractivity contribution is 5.85. The summed E-state index contributed by atoms with van der Waals surface area (Å²) < 4.78 is 0. The number of hydrogen-bond acceptors (Lipinski definition) is 6. The van der Waals surface area contributed by atoms with Crippen LogP contribution in [0.2, 0.25) is 0 Å². The first-order chi connectivity index (χ1) is 7.25. The van der Waals surface area contributed by atoms with Crippen molar-refractivity contribution in [1.29, 1.82) is 0 Å². The van der Waals surface area contributed by atoms with E-state index in [-0.39, 0.29) is 25.5 Å². The van der Waals surface area contributed by atoms with E-state index >= 15 is 0 Å². The van der Waals surface area contributed by atoms with Crippen molar-refractivity contribution in [2.24, 2.45) is 11.7 Å². The maximum Gasteiger partial charge on any atom is 0.317 e. The summed E-state index contributed by atoms with van der Waals surface area (Å²) in [5.41, 5.74) is 0. The van der Waals surface area contributed by atoms with Crippen LogP contribution in [-0.2, 0) is 9.59 Å². The molecule has 0 spiro atoms. The number of likely N-dealkylation sites (N-methyl/N-ethyl adjacent to an activating group) is 2. The molecule has 17 heavy (non-hydrogen) atoms. The minimum absolute atomic E-state index is 0. The normalized spacial score (nSPS) is 8.24. The Kier molecular flexibility index (Phi) is 25.7. The van der Waals surface area contributed by atoms with Gasteiger partial charge in [-0.2, -0.15) is 0 Å². The van der Waals surface area contributed by atoms with Crippen LogP contribution in [-0.4, -0.2) is 73.2 Å². The standard InChI is InChI=1S/2C4H9NO2.ClH.H4N2/c2*1-5(2)3-4(6)7;;1-2/h2*3H2,1-2H3,(H,6,7);1H;1-2H2. The van der Waals surface area contributed by atoms with Gasteiger partial charge >= 0.3 is 11.9 Å². The molecule has 0 aliphatic carbocycles. The third-order valence-electron chi connectivity index (χ3n) is 0.903. The Labute approximate surface area is 108 Å². The molecule has 0 atom stereocenters. The van der Waals surface area contributed by atoms with Crippen LogP contribution in [0.25, 0.3) is 0 Å². The van der Waals surface area contributed by atoms with Gasteiger partial charge in [-0.1, -0.05) is 0 Å². The quantitative estimate of drug-likeness (QED) is 0.360. The van der Waals surface area contributed by atoms with Crippen molar-refractivity contribution in [2.75, 3.05) is 41.3 Å². The van der Waals surface area contributed by atoms with Gasteiger partial charge in [0.1, 0.15) is 0 Å². The van der Waals surface area contributed by atoms with Crippen molar-refractivity contribution in [2.45, 2.75) is 0 Å². The SMILES string of the molecule is CN(C)CC(=O)O.CN(C)CC(=O)O.Cl.NN. The number of rotatable bonds is 4. The third-order valence-corrected chi connectivity index (χ3v) is 0.903. The highest BCUT2D eigenvalue weighted by Crippen LogP contribution is 1.70. The van der Waals surface area contributed by atoms with Crippen LogP contribution in [0.4, 0.5) is 0 Å². The van der Waals surface area contributed by atoms with Crippen molar-refractivity contribution < 1.29 is 19.8 Å². The fraction of sp³-hybridized carbons (Fsp3) is 0.750. The molecule has 8 nitrogen and oxygen atoms in total. The minimum atomic E-state index is -0.787. The second kappa shape index (κ2) is 17.5. The maximum atomic E-state index is 9.77. The molecule has 0 aromatic carbocycles. The average molecular weight is 275 g/mol. The van der Waals surface area contributed by atoms with Gasteiger partial charge in [-0.3, -0.25) is 31.1 Å². The zero-order chi connectivity index (χ0) is 13.7. The van der Waals surface area contributed by atoms with Crippen LogP contribution < -0.4 is 11.7 Å². The molecule has 0 aromatic heterocycles. The molecule has 0 bridgehead atoms. The first-order valence-electron chi connectivity index (χ1n) is 4.32. The van der Waals surface area contributed by atoms with Crippen LogP contribution in [0.1, 0.15) is 0 Å². The zero-order valence-electron chi connectivity index (χ0n) is 10.6. The molecule has 0 rings (SSSR count). The van der Waals surface area contributed by atoms with Crippen molar-refractivity contribution in [3.8, 4) is 0 Å². The lowest BCUT2D eigenvalue weighted by molar-refractivity contribution is -0.138. The van der Waals surface area contributed by atoms with E-state index in [0.29, 0.717) is 0 Å². The Bertz CT molecular complexity index is 170. The summed E-state index contributed by atoms with van der Waals surface area (Å²) in [7, 11) is 6.87. The number of nitrogens with zero attached hydrogens (tertiary/aromatic N) is 2. The van der Waals surface area contributed by atoms with Crippen molar-refractivity contribution >= 4 is 24.3 Å². The summed E-state index contributed by atoms with van der Waals surface area (Å²) in [6, 6.07) is 0. The Balaban J connectivity index is -0.0000000823. The molecule has 0 radical (unpaired) electrons. The monoisotopic (exact) mass is 274 g/mol. The number of carboxylic acids is 2. The lowest BCUT2D eigenvalue weighted by Crippen LogP contribution is -2.20. The minimum Gasteiger partial charge on any atom is -0.480 e. The Morgan fingerprint density at radius 2 is 1.06 bits per heavy atom. The van der Waals surface area contributed by atoms with E-state index in [1.165, 1.54) is 0 Å². The molecule has 0 aliphatic rings. The molecule has 9 heteroatoms. The van der Waals surface area contributed by atoms with E-state index in [9.17, 15) is 9.59 Å². The molecule has 0 unspecified atom stereocenters. The van der Waals surface area contributed by atoms with E-state index in [1.54, 1.807) is 38.0 Å². The Morgan fingerprint density at radius 1 is 0.882 bits per heavy atom. The van der Waals surface area contributed by atoms with E-state index < -0.39 is 11.9 Å². The molecule has 0 aromatic rings. The first kappa shape index (κ1) is 25.1. The molecular weight excluding hydrogens is 252 g/mol. The van der Waals surface area contributed by atoms with Gasteiger partial charge in [-0.15, -0.1) is 12.4 Å². The molecule has 106 valence electrons. The predicted octanol–water partition coefficient (Wildman–Crippen LogP) is -1.49. The van der Waals surface area contributed by atoms with Gasteiger partial charge in [0.2, 0.25) is 0 Å². The van der Waals surface area contributed by atoms with Crippen LogP contribution in [0.15, 0.2) is 0 Å². The van der Waals surface area contributed by atoms with Crippen LogP contribution in [0.3, 0.4) is 0 Å². The van der Waals surface area contributed by atoms with Crippen LogP contribution >= 0.6 is 12.4 Å². The molecule has 0 heterocycles. The van der Waals surface area contributed by atoms with Crippen LogP contribution in [0.5, 0.6) is 0 Å². The lowest BCUT2D eigenvalue weighted by atomic mass is 10.6. The van der Waals surface area contributed by atoms with Crippen molar-refractivity contribution in [1.82, 2.24) is 9.80 Å². The topological polar surface area (TPSA) is 133 Å². The molecule has 0 aliphatic heterocycles. The molecule has 0 saturated carbocycles. The number of halogens is 1. The average Bonchev–Trinajstić information content (AvgIpc) is 2.03. The molecule has 0 amide bonds. The molecule has 0 saturated heterocycles. The lowest BCUT2D eigenvalue weighted by Gasteiger charge is -2.01. The van der Waals surface area contributed by atoms with Gasteiger partial charge < -0.3 is 10.2 Å². The van der Waals surface area contributed by atoms with Crippen molar-refractivity contribution in [3.05, 3.63) is 0 Å². The van der Waals surface area contributed by atoms with E-state index in [2.05, 4.69) is 11.7 Å². The number of aliphatic carboxylic acids is 2. The highest BCUT2D eigenvalue weighted by Gasteiger charge is 1.95. The highest BCUT2D eigenvalue weighted by atomic mass is 35.5. The van der Waals surface area contributed by atoms with Gasteiger partial charge in [0, 0.05) is 0 Å². The second-order valence-electron chi connectivity index (χ2n) is 3.26. The molecule has 6 N–H and O–H groups in total. The number of carboxylic acid groups (broad SMARTS) is 2. The number of hydrogen-bond donors (Lipinski definition) is 4. The van der Waals surface area contributed by atoms with E-state index in [1.807, 2.05) is 0 Å². The maximum absolute atomic E-state index is 9.77. The Morgan fingerprint density at radius 3 is 1.06 bits per heavy atom. The van der Waals surface area contributed by atoms with Gasteiger partial charge in [-0.25, -0.2) is 0 Å². The summed E-state index contributed by atoms with van der Waals surface area (Å²) in [4.78, 5) is 22.7. The van der Waals surface area contributed by atoms with Gasteiger partial charge in [-0.05, 0) is 28.2 Å².